The number of aliphatic carboxylic acids is 1. The number of carbonyl (C=O) groups is 5. The molecule has 0 saturated carbocycles. The van der Waals surface area contributed by atoms with Gasteiger partial charge in [0.2, 0.25) is 17.7 Å². The molecule has 3 amide bonds. The van der Waals surface area contributed by atoms with Gasteiger partial charge in [0, 0.05) is 12.7 Å². The first kappa shape index (κ1) is 31.6. The number of aliphatic hydroxyl groups excluding tert-OH is 1. The number of unbranched alkanes of at least 4 members (excludes halogenated alkanes) is 1. The van der Waals surface area contributed by atoms with Gasteiger partial charge < -0.3 is 37.6 Å². The predicted molar refractivity (Wildman–Crippen MR) is 131 cm³/mol. The van der Waals surface area contributed by atoms with Crippen LogP contribution in [0.2, 0.25) is 0 Å². The number of aryl methyl sites for hydroxylation is 2. The van der Waals surface area contributed by atoms with E-state index in [-0.39, 0.29) is 12.2 Å². The Labute approximate surface area is 214 Å². The summed E-state index contributed by atoms with van der Waals surface area (Å²) in [6.45, 7) is 3.21. The van der Waals surface area contributed by atoms with E-state index in [0.717, 1.165) is 0 Å². The zero-order chi connectivity index (χ0) is 28.1. The van der Waals surface area contributed by atoms with Crippen LogP contribution in [0.1, 0.15) is 51.6 Å². The number of primary amides is 1. The van der Waals surface area contributed by atoms with Crippen LogP contribution in [0.15, 0.2) is 6.20 Å². The van der Waals surface area contributed by atoms with Gasteiger partial charge in [-0.15, -0.1) is 5.10 Å². The van der Waals surface area contributed by atoms with Crippen LogP contribution in [0, 0.1) is 0 Å². The van der Waals surface area contributed by atoms with Crippen molar-refractivity contribution in [2.24, 2.45) is 11.5 Å². The molecule has 0 radical (unpaired) electrons. The molecule has 37 heavy (non-hydrogen) atoms. The number of nitrogens with one attached hydrogen (secondary N) is 3. The third kappa shape index (κ3) is 11.4. The van der Waals surface area contributed by atoms with Gasteiger partial charge in [0.25, 0.3) is 0 Å². The number of ketones is 1. The average molecular weight is 527 g/mol. The van der Waals surface area contributed by atoms with Crippen LogP contribution in [0.5, 0.6) is 0 Å². The second-order valence-electron chi connectivity index (χ2n) is 8.85. The highest BCUT2D eigenvalue weighted by atomic mass is 16.4. The maximum Gasteiger partial charge on any atom is 0.305 e. The van der Waals surface area contributed by atoms with Crippen molar-refractivity contribution in [3.63, 3.8) is 0 Å². The average Bonchev–Trinajstić information content (AvgIpc) is 3.26. The molecule has 15 nitrogen and oxygen atoms in total. The molecule has 0 aromatic carbocycles. The molecule has 0 aliphatic rings. The van der Waals surface area contributed by atoms with Gasteiger partial charge in [0.05, 0.1) is 36.3 Å². The lowest BCUT2D eigenvalue weighted by atomic mass is 10.1. The Morgan fingerprint density at radius 3 is 2.30 bits per heavy atom. The molecule has 1 rings (SSSR count). The fourth-order valence-corrected chi connectivity index (χ4v) is 3.50. The summed E-state index contributed by atoms with van der Waals surface area (Å²) in [7, 11) is 1.62. The van der Waals surface area contributed by atoms with Crippen molar-refractivity contribution in [1.29, 1.82) is 0 Å². The molecule has 9 N–H and O–H groups in total. The highest BCUT2D eigenvalue weighted by molar-refractivity contribution is 5.91. The maximum absolute atomic E-state index is 12.4. The Balaban J connectivity index is 2.50. The van der Waals surface area contributed by atoms with Crippen LogP contribution < -0.4 is 27.4 Å². The van der Waals surface area contributed by atoms with E-state index in [1.165, 1.54) is 13.8 Å². The number of nitrogens with zero attached hydrogens (tertiary/aromatic N) is 3. The monoisotopic (exact) mass is 526 g/mol. The highest BCUT2D eigenvalue weighted by Crippen LogP contribution is 2.07. The standard InChI is InChI=1S/C22H38N8O7/c1-12(31)16(26-21(36)15(23)10-18(33)34)8-7-14-11-30(29-28-14)9-5-4-6-17(25-3)22(37)27-19(13(2)32)20(24)35/h11,13,15-17,19,25,32H,4-10,23H2,1-3H3,(H2,24,35)(H,26,36)(H,27,37)(H,33,34)/t13-,15+,16+,17+,19+/m1/s1. The Morgan fingerprint density at radius 1 is 1.08 bits per heavy atom. The second kappa shape index (κ2) is 15.6. The third-order valence-electron chi connectivity index (χ3n) is 5.70. The number of Topliss-reactive ketones (excluding diaryl/α,β-unsaturated/α-hetero) is 1. The molecular formula is C22H38N8O7. The molecule has 0 aliphatic heterocycles. The molecule has 0 bridgehead atoms. The maximum atomic E-state index is 12.4. The highest BCUT2D eigenvalue weighted by Gasteiger charge is 2.26. The topological polar surface area (TPSA) is 245 Å². The first-order chi connectivity index (χ1) is 17.3. The Hall–Kier alpha value is -3.43. The summed E-state index contributed by atoms with van der Waals surface area (Å²) in [6.07, 6.45) is 2.47. The summed E-state index contributed by atoms with van der Waals surface area (Å²) >= 11 is 0. The molecule has 0 saturated heterocycles. The van der Waals surface area contributed by atoms with Crippen LogP contribution in [-0.2, 0) is 36.9 Å². The number of hydrogen-bond acceptors (Lipinski definition) is 10. The van der Waals surface area contributed by atoms with Gasteiger partial charge in [0.1, 0.15) is 6.04 Å². The quantitative estimate of drug-likeness (QED) is 0.0962. The second-order valence-corrected chi connectivity index (χ2v) is 8.85. The number of carboxylic acid groups (broad SMARTS) is 1. The summed E-state index contributed by atoms with van der Waals surface area (Å²) < 4.78 is 1.63. The first-order valence-electron chi connectivity index (χ1n) is 12.0. The molecular weight excluding hydrogens is 488 g/mol. The lowest BCUT2D eigenvalue weighted by Gasteiger charge is -2.22. The number of carbonyl (C=O) groups excluding carboxylic acids is 4. The SMILES string of the molecule is CN[C@@H](CCCCn1cc(CC[C@H](NC(=O)[C@@H](N)CC(=O)O)C(C)=O)nn1)C(=O)N[C@H](C(N)=O)[C@@H](C)O. The number of amides is 3. The van der Waals surface area contributed by atoms with E-state index >= 15 is 0 Å². The number of rotatable bonds is 18. The number of aliphatic hydroxyl groups is 1. The molecule has 0 aliphatic carbocycles. The fourth-order valence-electron chi connectivity index (χ4n) is 3.50. The zero-order valence-electron chi connectivity index (χ0n) is 21.3. The van der Waals surface area contributed by atoms with Gasteiger partial charge >= 0.3 is 5.97 Å². The summed E-state index contributed by atoms with van der Waals surface area (Å²) in [5, 5.41) is 34.3. The number of hydrogen-bond donors (Lipinski definition) is 7. The molecule has 208 valence electrons. The molecule has 15 heteroatoms. The summed E-state index contributed by atoms with van der Waals surface area (Å²) in [5.74, 6) is -3.47. The third-order valence-corrected chi connectivity index (χ3v) is 5.70. The molecule has 5 atom stereocenters. The van der Waals surface area contributed by atoms with Crippen molar-refractivity contribution in [3.05, 3.63) is 11.9 Å². The normalized spacial score (nSPS) is 15.2. The lowest BCUT2D eigenvalue weighted by Crippen LogP contribution is -2.55. The number of carboxylic acids is 1. The molecule has 1 aromatic heterocycles. The van der Waals surface area contributed by atoms with Crippen LogP contribution >= 0.6 is 0 Å². The van der Waals surface area contributed by atoms with E-state index in [0.29, 0.717) is 37.9 Å². The van der Waals surface area contributed by atoms with Gasteiger partial charge in [-0.3, -0.25) is 28.7 Å². The van der Waals surface area contributed by atoms with Gasteiger partial charge in [-0.05, 0) is 53.0 Å². The van der Waals surface area contributed by atoms with E-state index < -0.39 is 60.4 Å². The van der Waals surface area contributed by atoms with Crippen molar-refractivity contribution in [1.82, 2.24) is 30.9 Å². The fraction of sp³-hybridized carbons (Fsp3) is 0.682. The minimum Gasteiger partial charge on any atom is -0.481 e. The van der Waals surface area contributed by atoms with E-state index in [1.54, 1.807) is 17.9 Å². The van der Waals surface area contributed by atoms with Crippen molar-refractivity contribution in [3.8, 4) is 0 Å². The molecule has 0 spiro atoms. The molecule has 0 unspecified atom stereocenters. The van der Waals surface area contributed by atoms with Gasteiger partial charge in [-0.2, -0.15) is 0 Å². The van der Waals surface area contributed by atoms with Crippen LogP contribution in [-0.4, -0.2) is 92.0 Å². The summed E-state index contributed by atoms with van der Waals surface area (Å²) in [5.41, 5.74) is 11.4. The Morgan fingerprint density at radius 2 is 1.76 bits per heavy atom. The predicted octanol–water partition coefficient (Wildman–Crippen LogP) is -2.80. The van der Waals surface area contributed by atoms with E-state index in [2.05, 4.69) is 26.3 Å². The van der Waals surface area contributed by atoms with Crippen molar-refractivity contribution in [2.45, 2.75) is 89.2 Å². The number of aromatic nitrogens is 3. The summed E-state index contributed by atoms with van der Waals surface area (Å²) in [6, 6.07) is -3.83. The smallest absolute Gasteiger partial charge is 0.305 e. The van der Waals surface area contributed by atoms with E-state index in [9.17, 15) is 29.1 Å². The van der Waals surface area contributed by atoms with Crippen molar-refractivity contribution >= 4 is 29.5 Å². The lowest BCUT2D eigenvalue weighted by molar-refractivity contribution is -0.139. The van der Waals surface area contributed by atoms with Crippen molar-refractivity contribution in [2.75, 3.05) is 7.05 Å². The Kier molecular flexibility index (Phi) is 13.4. The minimum absolute atomic E-state index is 0.247. The van der Waals surface area contributed by atoms with Crippen LogP contribution in [0.3, 0.4) is 0 Å². The largest absolute Gasteiger partial charge is 0.481 e. The number of likely N-dealkylation sites (N-methyl/N-ethyl adjacent to an activating group) is 1. The molecule has 1 aromatic rings. The van der Waals surface area contributed by atoms with Gasteiger partial charge in [-0.25, -0.2) is 0 Å². The Bertz CT molecular complexity index is 936. The zero-order valence-corrected chi connectivity index (χ0v) is 21.3. The number of nitrogens with two attached hydrogens (primary N) is 2. The first-order valence-corrected chi connectivity index (χ1v) is 12.0. The van der Waals surface area contributed by atoms with E-state index in [1.807, 2.05) is 0 Å². The van der Waals surface area contributed by atoms with E-state index in [4.69, 9.17) is 16.6 Å². The summed E-state index contributed by atoms with van der Waals surface area (Å²) in [4.78, 5) is 58.4. The minimum atomic E-state index is -1.25. The van der Waals surface area contributed by atoms with Crippen LogP contribution in [0.4, 0.5) is 0 Å². The van der Waals surface area contributed by atoms with Crippen molar-refractivity contribution < 1.29 is 34.2 Å². The van der Waals surface area contributed by atoms with Crippen LogP contribution in [0.25, 0.3) is 0 Å². The van der Waals surface area contributed by atoms with Gasteiger partial charge in [-0.1, -0.05) is 5.21 Å². The molecule has 0 fully saturated rings. The van der Waals surface area contributed by atoms with Gasteiger partial charge in [0.15, 0.2) is 5.78 Å². The molecule has 1 heterocycles.